The van der Waals surface area contributed by atoms with Gasteiger partial charge in [-0.05, 0) is 73.6 Å². The number of benzene rings is 2. The lowest BCUT2D eigenvalue weighted by Crippen LogP contribution is -2.30. The Labute approximate surface area is 185 Å². The highest BCUT2D eigenvalue weighted by atomic mass is 19.1. The van der Waals surface area contributed by atoms with Gasteiger partial charge in [-0.3, -0.25) is 9.59 Å². The summed E-state index contributed by atoms with van der Waals surface area (Å²) < 4.78 is 18.3. The Morgan fingerprint density at radius 2 is 1.84 bits per heavy atom. The van der Waals surface area contributed by atoms with Crippen LogP contribution in [0, 0.1) is 11.7 Å². The van der Waals surface area contributed by atoms with Crippen LogP contribution >= 0.6 is 0 Å². The number of rotatable bonds is 6. The molecule has 1 unspecified atom stereocenters. The molecule has 166 valence electrons. The Morgan fingerprint density at radius 1 is 1.12 bits per heavy atom. The van der Waals surface area contributed by atoms with Crippen LogP contribution in [0.1, 0.15) is 29.7 Å². The molecule has 1 amide bonds. The summed E-state index contributed by atoms with van der Waals surface area (Å²) in [7, 11) is 1.61. The molecule has 1 heterocycles. The van der Waals surface area contributed by atoms with Gasteiger partial charge < -0.3 is 15.0 Å². The van der Waals surface area contributed by atoms with Crippen LogP contribution in [0.4, 0.5) is 4.39 Å². The minimum absolute atomic E-state index is 0.0218. The van der Waals surface area contributed by atoms with E-state index in [0.717, 1.165) is 29.8 Å². The first kappa shape index (κ1) is 21.7. The number of fused-ring (bicyclic) bond motifs is 1. The lowest BCUT2D eigenvalue weighted by molar-refractivity contribution is -0.120. The number of carbonyl (C=O) groups excluding carboxylic acids is 1. The molecule has 1 atom stereocenters. The van der Waals surface area contributed by atoms with Crippen molar-refractivity contribution >= 4 is 5.91 Å². The van der Waals surface area contributed by atoms with Crippen molar-refractivity contribution in [3.63, 3.8) is 0 Å². The van der Waals surface area contributed by atoms with Gasteiger partial charge in [-0.25, -0.2) is 9.37 Å². The van der Waals surface area contributed by atoms with E-state index >= 15 is 0 Å². The monoisotopic (exact) mass is 435 g/mol. The van der Waals surface area contributed by atoms with Crippen LogP contribution in [0.25, 0.3) is 11.4 Å². The number of ether oxygens (including phenoxy) is 1. The highest BCUT2D eigenvalue weighted by Gasteiger charge is 2.21. The molecule has 0 spiro atoms. The summed E-state index contributed by atoms with van der Waals surface area (Å²) >= 11 is 0. The molecular weight excluding hydrogens is 409 g/mol. The zero-order valence-electron chi connectivity index (χ0n) is 18.0. The van der Waals surface area contributed by atoms with Crippen LogP contribution in [-0.2, 0) is 24.1 Å². The second kappa shape index (κ2) is 9.77. The molecule has 0 radical (unpaired) electrons. The third-order valence-corrected chi connectivity index (χ3v) is 5.92. The van der Waals surface area contributed by atoms with Gasteiger partial charge in [0.15, 0.2) is 0 Å². The molecule has 1 aliphatic rings. The van der Waals surface area contributed by atoms with Crippen LogP contribution in [0.2, 0.25) is 0 Å². The molecule has 2 aromatic carbocycles. The average molecular weight is 435 g/mol. The number of aromatic nitrogens is 2. The first-order chi connectivity index (χ1) is 15.5. The third kappa shape index (κ3) is 5.22. The largest absolute Gasteiger partial charge is 0.497 e. The van der Waals surface area contributed by atoms with Gasteiger partial charge in [-0.15, -0.1) is 0 Å². The second-order valence-corrected chi connectivity index (χ2v) is 8.12. The zero-order valence-corrected chi connectivity index (χ0v) is 18.0. The van der Waals surface area contributed by atoms with E-state index in [1.54, 1.807) is 19.2 Å². The van der Waals surface area contributed by atoms with Crippen LogP contribution in [-0.4, -0.2) is 29.5 Å². The average Bonchev–Trinajstić information content (AvgIpc) is 3.01. The molecule has 0 saturated carbocycles. The van der Waals surface area contributed by atoms with Gasteiger partial charge in [0.1, 0.15) is 17.4 Å². The van der Waals surface area contributed by atoms with Crippen molar-refractivity contribution in [1.82, 2.24) is 15.3 Å². The van der Waals surface area contributed by atoms with Crippen LogP contribution < -0.4 is 15.6 Å². The standard InChI is InChI=1S/C25H26FN3O3/c1-32-20-10-2-16(3-11-20)14-23(30)27-15-17-4-12-21-22(13-5-17)28-24(29-25(21)31)18-6-8-19(26)9-7-18/h2-3,6-11,17H,4-5,12-15H2,1H3,(H,27,30)(H,28,29,31). The number of hydrogen-bond donors (Lipinski definition) is 2. The summed E-state index contributed by atoms with van der Waals surface area (Å²) in [5.41, 5.74) is 2.97. The zero-order chi connectivity index (χ0) is 22.5. The Kier molecular flexibility index (Phi) is 6.63. The van der Waals surface area contributed by atoms with Crippen molar-refractivity contribution in [3.05, 3.63) is 81.5 Å². The summed E-state index contributed by atoms with van der Waals surface area (Å²) in [6, 6.07) is 13.4. The van der Waals surface area contributed by atoms with E-state index in [1.807, 2.05) is 24.3 Å². The van der Waals surface area contributed by atoms with Crippen LogP contribution in [0.5, 0.6) is 5.75 Å². The SMILES string of the molecule is COc1ccc(CC(=O)NCC2CCc3nc(-c4ccc(F)cc4)[nH]c(=O)c3CC2)cc1. The Morgan fingerprint density at radius 3 is 2.56 bits per heavy atom. The molecule has 1 aliphatic carbocycles. The molecule has 0 saturated heterocycles. The molecule has 1 aromatic heterocycles. The maximum Gasteiger partial charge on any atom is 0.254 e. The van der Waals surface area contributed by atoms with Gasteiger partial charge in [0.25, 0.3) is 5.56 Å². The number of carbonyl (C=O) groups is 1. The van der Waals surface area contributed by atoms with Gasteiger partial charge in [-0.2, -0.15) is 0 Å². The molecule has 3 aromatic rings. The molecule has 0 aliphatic heterocycles. The minimum Gasteiger partial charge on any atom is -0.497 e. The van der Waals surface area contributed by atoms with Gasteiger partial charge in [0.05, 0.1) is 19.2 Å². The number of nitrogens with one attached hydrogen (secondary N) is 2. The number of amides is 1. The second-order valence-electron chi connectivity index (χ2n) is 8.12. The highest BCUT2D eigenvalue weighted by molar-refractivity contribution is 5.78. The number of halogens is 1. The van der Waals surface area contributed by atoms with Gasteiger partial charge in [0, 0.05) is 17.7 Å². The number of H-pyrrole nitrogens is 1. The van der Waals surface area contributed by atoms with Gasteiger partial charge in [0.2, 0.25) is 5.91 Å². The van der Waals surface area contributed by atoms with E-state index in [0.29, 0.717) is 42.8 Å². The molecular formula is C25H26FN3O3. The molecule has 0 bridgehead atoms. The lowest BCUT2D eigenvalue weighted by Gasteiger charge is -2.14. The van der Waals surface area contributed by atoms with Crippen molar-refractivity contribution in [2.75, 3.05) is 13.7 Å². The fourth-order valence-electron chi connectivity index (χ4n) is 4.04. The first-order valence-electron chi connectivity index (χ1n) is 10.8. The molecule has 7 heteroatoms. The van der Waals surface area contributed by atoms with E-state index in [-0.39, 0.29) is 23.2 Å². The van der Waals surface area contributed by atoms with E-state index in [4.69, 9.17) is 4.74 Å². The van der Waals surface area contributed by atoms with E-state index in [2.05, 4.69) is 15.3 Å². The van der Waals surface area contributed by atoms with Crippen molar-refractivity contribution < 1.29 is 13.9 Å². The minimum atomic E-state index is -0.331. The number of methoxy groups -OCH3 is 1. The summed E-state index contributed by atoms with van der Waals surface area (Å²) in [6.07, 6.45) is 3.28. The smallest absolute Gasteiger partial charge is 0.254 e. The number of aryl methyl sites for hydroxylation is 1. The highest BCUT2D eigenvalue weighted by Crippen LogP contribution is 2.23. The van der Waals surface area contributed by atoms with Crippen molar-refractivity contribution in [1.29, 1.82) is 0 Å². The number of nitrogens with zero attached hydrogens (tertiary/aromatic N) is 1. The predicted octanol–water partition coefficient (Wildman–Crippen LogP) is 3.44. The van der Waals surface area contributed by atoms with Crippen LogP contribution in [0.3, 0.4) is 0 Å². The van der Waals surface area contributed by atoms with Crippen molar-refractivity contribution in [3.8, 4) is 17.1 Å². The molecule has 0 fully saturated rings. The normalized spacial score (nSPS) is 15.5. The van der Waals surface area contributed by atoms with Gasteiger partial charge in [-0.1, -0.05) is 12.1 Å². The fourth-order valence-corrected chi connectivity index (χ4v) is 4.04. The predicted molar refractivity (Wildman–Crippen MR) is 120 cm³/mol. The van der Waals surface area contributed by atoms with E-state index in [9.17, 15) is 14.0 Å². The summed E-state index contributed by atoms with van der Waals surface area (Å²) in [6.45, 7) is 0.575. The molecule has 6 nitrogen and oxygen atoms in total. The number of hydrogen-bond acceptors (Lipinski definition) is 4. The Bertz CT molecular complexity index is 1140. The summed E-state index contributed by atoms with van der Waals surface area (Å²) in [4.78, 5) is 32.5. The Balaban J connectivity index is 1.36. The summed E-state index contributed by atoms with van der Waals surface area (Å²) in [5.74, 6) is 1.14. The molecule has 4 rings (SSSR count). The Hall–Kier alpha value is -3.48. The molecule has 2 N–H and O–H groups in total. The maximum absolute atomic E-state index is 13.2. The van der Waals surface area contributed by atoms with Crippen molar-refractivity contribution in [2.24, 2.45) is 5.92 Å². The number of aromatic amines is 1. The van der Waals surface area contributed by atoms with E-state index < -0.39 is 0 Å². The third-order valence-electron chi connectivity index (χ3n) is 5.92. The maximum atomic E-state index is 13.2. The topological polar surface area (TPSA) is 84.1 Å². The quantitative estimate of drug-likeness (QED) is 0.581. The summed E-state index contributed by atoms with van der Waals surface area (Å²) in [5, 5.41) is 3.03. The van der Waals surface area contributed by atoms with E-state index in [1.165, 1.54) is 12.1 Å². The van der Waals surface area contributed by atoms with Crippen LogP contribution in [0.15, 0.2) is 53.3 Å². The lowest BCUT2D eigenvalue weighted by atomic mass is 9.99. The van der Waals surface area contributed by atoms with Crippen molar-refractivity contribution in [2.45, 2.75) is 32.1 Å². The first-order valence-corrected chi connectivity index (χ1v) is 10.8. The van der Waals surface area contributed by atoms with Gasteiger partial charge >= 0.3 is 0 Å². The molecule has 32 heavy (non-hydrogen) atoms. The fraction of sp³-hybridized carbons (Fsp3) is 0.320.